The van der Waals surface area contributed by atoms with Crippen LogP contribution in [0, 0.1) is 5.92 Å². The number of rotatable bonds is 7. The molecule has 6 nitrogen and oxygen atoms in total. The number of nitrogens with one attached hydrogen (secondary N) is 1. The molecule has 2 rings (SSSR count). The summed E-state index contributed by atoms with van der Waals surface area (Å²) in [5, 5.41) is 12.0. The van der Waals surface area contributed by atoms with Crippen molar-refractivity contribution in [3.8, 4) is 5.75 Å². The van der Waals surface area contributed by atoms with Crippen LogP contribution in [0.1, 0.15) is 16.8 Å². The number of carbonyl (C=O) groups is 1. The van der Waals surface area contributed by atoms with Gasteiger partial charge in [0.2, 0.25) is 0 Å². The van der Waals surface area contributed by atoms with Gasteiger partial charge in [-0.25, -0.2) is 13.2 Å². The molecule has 1 saturated heterocycles. The first-order chi connectivity index (χ1) is 9.96. The molecule has 0 amide bonds. The fraction of sp³-hybridized carbons (Fsp3) is 0.500. The van der Waals surface area contributed by atoms with Crippen LogP contribution >= 0.6 is 0 Å². The summed E-state index contributed by atoms with van der Waals surface area (Å²) in [5.74, 6) is 0.424. The van der Waals surface area contributed by atoms with E-state index in [9.17, 15) is 13.2 Å². The molecule has 0 aromatic heterocycles. The second-order valence-electron chi connectivity index (χ2n) is 5.15. The Labute approximate surface area is 124 Å². The normalized spacial score (nSPS) is 20.3. The third-order valence-corrected chi connectivity index (χ3v) is 5.25. The van der Waals surface area contributed by atoms with Gasteiger partial charge in [-0.3, -0.25) is 0 Å². The first-order valence-electron chi connectivity index (χ1n) is 6.83. The maximum Gasteiger partial charge on any atom is 0.335 e. The van der Waals surface area contributed by atoms with Crippen LogP contribution in [0.5, 0.6) is 5.75 Å². The molecule has 7 heteroatoms. The quantitative estimate of drug-likeness (QED) is 0.723. The maximum absolute atomic E-state index is 11.3. The van der Waals surface area contributed by atoms with E-state index in [1.54, 1.807) is 12.1 Å². The van der Waals surface area contributed by atoms with E-state index in [0.29, 0.717) is 31.2 Å². The van der Waals surface area contributed by atoms with E-state index < -0.39 is 15.8 Å². The van der Waals surface area contributed by atoms with Gasteiger partial charge in [0.15, 0.2) is 9.84 Å². The second-order valence-corrected chi connectivity index (χ2v) is 7.38. The van der Waals surface area contributed by atoms with Crippen molar-refractivity contribution >= 4 is 15.8 Å². The molecular weight excluding hydrogens is 294 g/mol. The highest BCUT2D eigenvalue weighted by Crippen LogP contribution is 2.17. The zero-order valence-corrected chi connectivity index (χ0v) is 12.4. The molecule has 1 fully saturated rings. The molecule has 0 bridgehead atoms. The van der Waals surface area contributed by atoms with Crippen LogP contribution in [0.25, 0.3) is 0 Å². The zero-order valence-electron chi connectivity index (χ0n) is 11.6. The van der Waals surface area contributed by atoms with Crippen molar-refractivity contribution in [2.24, 2.45) is 5.92 Å². The van der Waals surface area contributed by atoms with Gasteiger partial charge in [-0.15, -0.1) is 0 Å². The number of carboxylic acids is 1. The average Bonchev–Trinajstić information content (AvgIpc) is 2.78. The van der Waals surface area contributed by atoms with Crippen molar-refractivity contribution in [2.75, 3.05) is 31.2 Å². The number of hydrogen-bond donors (Lipinski definition) is 2. The van der Waals surface area contributed by atoms with Crippen molar-refractivity contribution in [1.29, 1.82) is 0 Å². The summed E-state index contributed by atoms with van der Waals surface area (Å²) in [6.45, 7) is 1.75. The van der Waals surface area contributed by atoms with Crippen LogP contribution < -0.4 is 10.1 Å². The minimum atomic E-state index is -2.81. The van der Waals surface area contributed by atoms with Gasteiger partial charge >= 0.3 is 5.97 Å². The minimum Gasteiger partial charge on any atom is -0.492 e. The number of aromatic carboxylic acids is 1. The van der Waals surface area contributed by atoms with Crippen molar-refractivity contribution in [1.82, 2.24) is 5.32 Å². The van der Waals surface area contributed by atoms with Crippen molar-refractivity contribution in [2.45, 2.75) is 6.42 Å². The maximum atomic E-state index is 11.3. The third-order valence-electron chi connectivity index (χ3n) is 3.41. The van der Waals surface area contributed by atoms with Gasteiger partial charge in [-0.1, -0.05) is 0 Å². The summed E-state index contributed by atoms with van der Waals surface area (Å²) in [6, 6.07) is 6.23. The third kappa shape index (κ3) is 5.02. The topological polar surface area (TPSA) is 92.7 Å². The molecule has 21 heavy (non-hydrogen) atoms. The van der Waals surface area contributed by atoms with E-state index in [-0.39, 0.29) is 17.2 Å². The number of carboxylic acid groups (broad SMARTS) is 1. The fourth-order valence-corrected chi connectivity index (χ4v) is 4.14. The van der Waals surface area contributed by atoms with Crippen molar-refractivity contribution in [3.63, 3.8) is 0 Å². The lowest BCUT2D eigenvalue weighted by atomic mass is 10.1. The van der Waals surface area contributed by atoms with Gasteiger partial charge in [0.1, 0.15) is 12.4 Å². The molecule has 0 saturated carbocycles. The lowest BCUT2D eigenvalue weighted by Crippen LogP contribution is -2.27. The Balaban J connectivity index is 1.63. The van der Waals surface area contributed by atoms with Crippen LogP contribution in [0.4, 0.5) is 0 Å². The van der Waals surface area contributed by atoms with Crippen LogP contribution in [0.2, 0.25) is 0 Å². The number of sulfone groups is 1. The Morgan fingerprint density at radius 1 is 1.33 bits per heavy atom. The standard InChI is InChI=1S/C14H19NO5S/c16-14(17)12-1-3-13(4-2-12)20-7-6-15-9-11-5-8-21(18,19)10-11/h1-4,11,15H,5-10H2,(H,16,17). The minimum absolute atomic E-state index is 0.199. The van der Waals surface area contributed by atoms with Gasteiger partial charge < -0.3 is 15.2 Å². The first-order valence-corrected chi connectivity index (χ1v) is 8.66. The molecule has 1 aromatic rings. The molecule has 1 heterocycles. The van der Waals surface area contributed by atoms with Gasteiger partial charge in [0.25, 0.3) is 0 Å². The first kappa shape index (κ1) is 15.8. The van der Waals surface area contributed by atoms with E-state index >= 15 is 0 Å². The number of benzene rings is 1. The number of hydrogen-bond acceptors (Lipinski definition) is 5. The van der Waals surface area contributed by atoms with E-state index in [2.05, 4.69) is 5.32 Å². The second kappa shape index (κ2) is 6.91. The predicted octanol–water partition coefficient (Wildman–Crippen LogP) is 0.788. The highest BCUT2D eigenvalue weighted by molar-refractivity contribution is 7.91. The van der Waals surface area contributed by atoms with Crippen LogP contribution in [0.15, 0.2) is 24.3 Å². The van der Waals surface area contributed by atoms with E-state index in [0.717, 1.165) is 6.42 Å². The predicted molar refractivity (Wildman–Crippen MR) is 78.5 cm³/mol. The largest absolute Gasteiger partial charge is 0.492 e. The monoisotopic (exact) mass is 313 g/mol. The number of ether oxygens (including phenoxy) is 1. The van der Waals surface area contributed by atoms with E-state index in [1.807, 2.05) is 0 Å². The summed E-state index contributed by atoms with van der Waals surface area (Å²) < 4.78 is 28.1. The highest BCUT2D eigenvalue weighted by Gasteiger charge is 2.27. The van der Waals surface area contributed by atoms with Gasteiger partial charge in [0, 0.05) is 6.54 Å². The van der Waals surface area contributed by atoms with Crippen LogP contribution in [-0.4, -0.2) is 50.7 Å². The molecule has 1 atom stereocenters. The van der Waals surface area contributed by atoms with E-state index in [1.165, 1.54) is 12.1 Å². The molecule has 1 unspecified atom stereocenters. The van der Waals surface area contributed by atoms with Gasteiger partial charge in [-0.2, -0.15) is 0 Å². The molecule has 0 spiro atoms. The lowest BCUT2D eigenvalue weighted by Gasteiger charge is -2.10. The molecule has 0 aliphatic carbocycles. The van der Waals surface area contributed by atoms with Crippen LogP contribution in [0.3, 0.4) is 0 Å². The van der Waals surface area contributed by atoms with Gasteiger partial charge in [-0.05, 0) is 43.1 Å². The van der Waals surface area contributed by atoms with Crippen molar-refractivity contribution in [3.05, 3.63) is 29.8 Å². The molecule has 1 aromatic carbocycles. The highest BCUT2D eigenvalue weighted by atomic mass is 32.2. The zero-order chi connectivity index (χ0) is 15.3. The molecule has 1 aliphatic rings. The Morgan fingerprint density at radius 3 is 2.62 bits per heavy atom. The molecule has 2 N–H and O–H groups in total. The summed E-state index contributed by atoms with van der Waals surface area (Å²) in [4.78, 5) is 10.7. The smallest absolute Gasteiger partial charge is 0.335 e. The Morgan fingerprint density at radius 2 is 2.05 bits per heavy atom. The Hall–Kier alpha value is -1.60. The lowest BCUT2D eigenvalue weighted by molar-refractivity contribution is 0.0697. The van der Waals surface area contributed by atoms with Crippen LogP contribution in [-0.2, 0) is 9.84 Å². The van der Waals surface area contributed by atoms with Crippen molar-refractivity contribution < 1.29 is 23.1 Å². The molecule has 1 aliphatic heterocycles. The summed E-state index contributed by atoms with van der Waals surface area (Å²) in [5.41, 5.74) is 0.225. The fourth-order valence-electron chi connectivity index (χ4n) is 2.27. The molecule has 0 radical (unpaired) electrons. The summed E-state index contributed by atoms with van der Waals surface area (Å²) >= 11 is 0. The molecule has 116 valence electrons. The Kier molecular flexibility index (Phi) is 5.19. The average molecular weight is 313 g/mol. The van der Waals surface area contributed by atoms with Gasteiger partial charge in [0.05, 0.1) is 17.1 Å². The summed E-state index contributed by atoms with van der Waals surface area (Å²) in [7, 11) is -2.81. The molecular formula is C14H19NO5S. The Bertz CT molecular complexity index is 582. The van der Waals surface area contributed by atoms with E-state index in [4.69, 9.17) is 9.84 Å². The SMILES string of the molecule is O=C(O)c1ccc(OCCNCC2CCS(=O)(=O)C2)cc1. The summed E-state index contributed by atoms with van der Waals surface area (Å²) in [6.07, 6.45) is 0.729.